The van der Waals surface area contributed by atoms with E-state index in [1.165, 1.54) is 38.4 Å². The van der Waals surface area contributed by atoms with Crippen molar-refractivity contribution in [3.63, 3.8) is 0 Å². The highest BCUT2D eigenvalue weighted by molar-refractivity contribution is 5.09. The van der Waals surface area contributed by atoms with E-state index >= 15 is 0 Å². The summed E-state index contributed by atoms with van der Waals surface area (Å²) in [6.45, 7) is 1.61. The van der Waals surface area contributed by atoms with Crippen LogP contribution < -0.4 is 5.32 Å². The van der Waals surface area contributed by atoms with Crippen molar-refractivity contribution in [2.75, 3.05) is 20.2 Å². The molecular formula is C10H16FNO. The smallest absolute Gasteiger partial charge is 0.123 e. The predicted octanol–water partition coefficient (Wildman–Crippen LogP) is 2.00. The first-order valence-electron chi connectivity index (χ1n) is 4.58. The summed E-state index contributed by atoms with van der Waals surface area (Å²) in [4.78, 5) is 0. The van der Waals surface area contributed by atoms with Gasteiger partial charge in [0, 0.05) is 12.6 Å². The zero-order valence-corrected chi connectivity index (χ0v) is 7.92. The molecule has 0 amide bonds. The van der Waals surface area contributed by atoms with Gasteiger partial charge in [0.1, 0.15) is 5.83 Å². The molecule has 1 aliphatic rings. The van der Waals surface area contributed by atoms with Crippen LogP contribution in [-0.2, 0) is 4.74 Å². The van der Waals surface area contributed by atoms with Crippen LogP contribution in [0.15, 0.2) is 24.2 Å². The molecule has 0 bridgehead atoms. The number of hydrogen-bond donors (Lipinski definition) is 1. The summed E-state index contributed by atoms with van der Waals surface area (Å²) in [6.07, 6.45) is 6.79. The van der Waals surface area contributed by atoms with Gasteiger partial charge in [0.05, 0.1) is 13.4 Å². The van der Waals surface area contributed by atoms with Crippen LogP contribution in [-0.4, -0.2) is 20.2 Å². The van der Waals surface area contributed by atoms with E-state index in [0.717, 1.165) is 12.5 Å². The first-order valence-corrected chi connectivity index (χ1v) is 4.58. The Balaban J connectivity index is 2.02. The molecule has 2 nitrogen and oxygen atoms in total. The third kappa shape index (κ3) is 5.42. The lowest BCUT2D eigenvalue weighted by molar-refractivity contribution is 0.336. The van der Waals surface area contributed by atoms with Gasteiger partial charge in [-0.25, -0.2) is 4.39 Å². The summed E-state index contributed by atoms with van der Waals surface area (Å²) >= 11 is 0. The van der Waals surface area contributed by atoms with Gasteiger partial charge in [-0.05, 0) is 31.4 Å². The molecule has 1 fully saturated rings. The van der Waals surface area contributed by atoms with Crippen molar-refractivity contribution in [3.8, 4) is 0 Å². The minimum absolute atomic E-state index is 0.259. The van der Waals surface area contributed by atoms with E-state index in [2.05, 4.69) is 10.1 Å². The first-order chi connectivity index (χ1) is 6.33. The van der Waals surface area contributed by atoms with E-state index in [-0.39, 0.29) is 5.83 Å². The fourth-order valence-electron chi connectivity index (χ4n) is 0.980. The van der Waals surface area contributed by atoms with Crippen LogP contribution in [0.2, 0.25) is 0 Å². The van der Waals surface area contributed by atoms with Gasteiger partial charge >= 0.3 is 0 Å². The monoisotopic (exact) mass is 185 g/mol. The van der Waals surface area contributed by atoms with E-state index in [1.807, 2.05) is 0 Å². The largest absolute Gasteiger partial charge is 0.504 e. The van der Waals surface area contributed by atoms with Crippen LogP contribution >= 0.6 is 0 Å². The average molecular weight is 185 g/mol. The summed E-state index contributed by atoms with van der Waals surface area (Å²) in [5.41, 5.74) is 0. The number of ether oxygens (including phenoxy) is 1. The minimum atomic E-state index is -0.259. The molecular weight excluding hydrogens is 169 g/mol. The maximum atomic E-state index is 12.8. The fraction of sp³-hybridized carbons (Fsp3) is 0.600. The Kier molecular flexibility index (Phi) is 4.54. The van der Waals surface area contributed by atoms with Crippen molar-refractivity contribution in [2.24, 2.45) is 5.92 Å². The summed E-state index contributed by atoms with van der Waals surface area (Å²) in [5.74, 6) is 0.580. The molecule has 13 heavy (non-hydrogen) atoms. The molecule has 74 valence electrons. The van der Waals surface area contributed by atoms with E-state index in [1.54, 1.807) is 0 Å². The topological polar surface area (TPSA) is 21.3 Å². The fourth-order valence-corrected chi connectivity index (χ4v) is 0.980. The van der Waals surface area contributed by atoms with Gasteiger partial charge < -0.3 is 10.1 Å². The number of nitrogens with one attached hydrogen (secondary N) is 1. The van der Waals surface area contributed by atoms with Crippen molar-refractivity contribution in [3.05, 3.63) is 24.2 Å². The lowest BCUT2D eigenvalue weighted by atomic mass is 10.4. The van der Waals surface area contributed by atoms with Crippen LogP contribution in [0, 0.1) is 5.92 Å². The van der Waals surface area contributed by atoms with Crippen LogP contribution in [0.4, 0.5) is 4.39 Å². The molecule has 1 N–H and O–H groups in total. The molecule has 1 aliphatic carbocycles. The lowest BCUT2D eigenvalue weighted by Crippen LogP contribution is -2.16. The molecule has 0 saturated heterocycles. The second-order valence-corrected chi connectivity index (χ2v) is 3.23. The van der Waals surface area contributed by atoms with Gasteiger partial charge in [0.2, 0.25) is 0 Å². The Bertz CT molecular complexity index is 197. The van der Waals surface area contributed by atoms with Gasteiger partial charge in [-0.1, -0.05) is 0 Å². The Morgan fingerprint density at radius 1 is 1.62 bits per heavy atom. The third-order valence-corrected chi connectivity index (χ3v) is 1.93. The minimum Gasteiger partial charge on any atom is -0.504 e. The maximum absolute atomic E-state index is 12.8. The molecule has 0 heterocycles. The van der Waals surface area contributed by atoms with Crippen molar-refractivity contribution < 1.29 is 9.13 Å². The van der Waals surface area contributed by atoms with Crippen molar-refractivity contribution in [1.29, 1.82) is 0 Å². The second-order valence-electron chi connectivity index (χ2n) is 3.23. The molecule has 0 atom stereocenters. The van der Waals surface area contributed by atoms with Crippen LogP contribution in [0.3, 0.4) is 0 Å². The third-order valence-electron chi connectivity index (χ3n) is 1.93. The van der Waals surface area contributed by atoms with Crippen molar-refractivity contribution in [2.45, 2.75) is 12.8 Å². The molecule has 1 saturated carbocycles. The molecule has 0 aliphatic heterocycles. The van der Waals surface area contributed by atoms with E-state index < -0.39 is 0 Å². The standard InChI is InChI=1S/C10H16FNO/c1-13-7-5-10(11)4-6-12-8-9-2-3-9/h4-5,7,9,12H,2-3,6,8H2,1H3/b7-5?,10-4+. The van der Waals surface area contributed by atoms with E-state index in [9.17, 15) is 4.39 Å². The highest BCUT2D eigenvalue weighted by Crippen LogP contribution is 2.27. The Morgan fingerprint density at radius 3 is 3.00 bits per heavy atom. The van der Waals surface area contributed by atoms with E-state index in [0.29, 0.717) is 6.54 Å². The van der Waals surface area contributed by atoms with Crippen LogP contribution in [0.1, 0.15) is 12.8 Å². The highest BCUT2D eigenvalue weighted by Gasteiger charge is 2.19. The molecule has 0 spiro atoms. The Labute approximate surface area is 78.5 Å². The van der Waals surface area contributed by atoms with Crippen molar-refractivity contribution in [1.82, 2.24) is 5.32 Å². The normalized spacial score (nSPS) is 18.2. The number of methoxy groups -OCH3 is 1. The molecule has 3 heteroatoms. The summed E-state index contributed by atoms with van der Waals surface area (Å²) in [5, 5.41) is 3.16. The summed E-state index contributed by atoms with van der Waals surface area (Å²) in [6, 6.07) is 0. The first kappa shape index (κ1) is 10.3. The molecule has 0 aromatic carbocycles. The number of hydrogen-bond acceptors (Lipinski definition) is 2. The zero-order valence-electron chi connectivity index (χ0n) is 7.92. The molecule has 0 aromatic heterocycles. The summed E-state index contributed by atoms with van der Waals surface area (Å²) in [7, 11) is 1.50. The number of rotatable bonds is 6. The predicted molar refractivity (Wildman–Crippen MR) is 50.9 cm³/mol. The van der Waals surface area contributed by atoms with Gasteiger partial charge in [0.25, 0.3) is 0 Å². The molecule has 0 aromatic rings. The van der Waals surface area contributed by atoms with Gasteiger partial charge in [-0.15, -0.1) is 0 Å². The second kappa shape index (κ2) is 5.75. The van der Waals surface area contributed by atoms with Crippen LogP contribution in [0.5, 0.6) is 0 Å². The van der Waals surface area contributed by atoms with Gasteiger partial charge in [0.15, 0.2) is 0 Å². The summed E-state index contributed by atoms with van der Waals surface area (Å²) < 4.78 is 17.4. The number of allylic oxidation sites excluding steroid dienone is 2. The Morgan fingerprint density at radius 2 is 2.38 bits per heavy atom. The number of halogens is 1. The van der Waals surface area contributed by atoms with E-state index in [4.69, 9.17) is 0 Å². The maximum Gasteiger partial charge on any atom is 0.123 e. The average Bonchev–Trinajstić information content (AvgIpc) is 2.92. The van der Waals surface area contributed by atoms with Gasteiger partial charge in [-0.2, -0.15) is 0 Å². The molecule has 0 radical (unpaired) electrons. The molecule has 1 rings (SSSR count). The van der Waals surface area contributed by atoms with Gasteiger partial charge in [-0.3, -0.25) is 0 Å². The Hall–Kier alpha value is -0.830. The lowest BCUT2D eigenvalue weighted by Gasteiger charge is -1.97. The quantitative estimate of drug-likeness (QED) is 0.388. The van der Waals surface area contributed by atoms with Crippen molar-refractivity contribution >= 4 is 0 Å². The highest BCUT2D eigenvalue weighted by atomic mass is 19.1. The van der Waals surface area contributed by atoms with Crippen LogP contribution in [0.25, 0.3) is 0 Å². The zero-order chi connectivity index (χ0) is 9.52. The SMILES string of the molecule is COC=C/C(F)=C\CNCC1CC1. The molecule has 0 unspecified atom stereocenters.